The zero-order valence-corrected chi connectivity index (χ0v) is 11.4. The molecule has 94 valence electrons. The topological polar surface area (TPSA) is 32.3 Å². The third-order valence-electron chi connectivity index (χ3n) is 3.26. The molecule has 2 aromatic rings. The monoisotopic (exact) mass is 260 g/mol. The van der Waals surface area contributed by atoms with Crippen LogP contribution in [0, 0.1) is 6.92 Å². The summed E-state index contributed by atoms with van der Waals surface area (Å²) < 4.78 is 4.27. The molecule has 3 rings (SSSR count). The minimum atomic E-state index is 0.862. The van der Waals surface area contributed by atoms with Crippen LogP contribution in [0.5, 0.6) is 0 Å². The molecule has 0 spiro atoms. The lowest BCUT2D eigenvalue weighted by Crippen LogP contribution is -2.28. The molecular weight excluding hydrogens is 244 g/mol. The van der Waals surface area contributed by atoms with Crippen LogP contribution in [0.1, 0.15) is 11.4 Å². The second-order valence-electron chi connectivity index (χ2n) is 4.60. The van der Waals surface area contributed by atoms with Gasteiger partial charge < -0.3 is 9.80 Å². The Morgan fingerprint density at radius 3 is 2.83 bits per heavy atom. The molecule has 0 unspecified atom stereocenters. The second-order valence-corrected chi connectivity index (χ2v) is 5.33. The first-order valence-corrected chi connectivity index (χ1v) is 6.85. The number of aromatic nitrogens is 2. The minimum absolute atomic E-state index is 0.862. The van der Waals surface area contributed by atoms with Gasteiger partial charge in [-0.2, -0.15) is 4.37 Å². The van der Waals surface area contributed by atoms with Crippen molar-refractivity contribution in [2.24, 2.45) is 0 Å². The van der Waals surface area contributed by atoms with Gasteiger partial charge in [0.05, 0.1) is 0 Å². The maximum Gasteiger partial charge on any atom is 0.205 e. The molecule has 0 fully saturated rings. The van der Waals surface area contributed by atoms with Crippen LogP contribution in [-0.4, -0.2) is 29.5 Å². The summed E-state index contributed by atoms with van der Waals surface area (Å²) in [6.07, 6.45) is 0. The summed E-state index contributed by atoms with van der Waals surface area (Å²) in [5, 5.41) is 1.03. The first-order chi connectivity index (χ1) is 8.74. The van der Waals surface area contributed by atoms with Crippen LogP contribution in [0.3, 0.4) is 0 Å². The van der Waals surface area contributed by atoms with E-state index in [0.29, 0.717) is 0 Å². The number of rotatable bonds is 1. The zero-order valence-electron chi connectivity index (χ0n) is 10.6. The van der Waals surface area contributed by atoms with Crippen molar-refractivity contribution < 1.29 is 0 Å². The van der Waals surface area contributed by atoms with E-state index in [0.717, 1.165) is 30.6 Å². The van der Waals surface area contributed by atoms with Crippen molar-refractivity contribution in [2.75, 3.05) is 29.9 Å². The molecule has 1 aliphatic heterocycles. The van der Waals surface area contributed by atoms with Gasteiger partial charge in [0.15, 0.2) is 0 Å². The zero-order chi connectivity index (χ0) is 12.5. The van der Waals surface area contributed by atoms with E-state index in [1.165, 1.54) is 22.8 Å². The first kappa shape index (κ1) is 11.5. The van der Waals surface area contributed by atoms with Crippen molar-refractivity contribution in [3.05, 3.63) is 35.7 Å². The summed E-state index contributed by atoms with van der Waals surface area (Å²) in [6, 6.07) is 8.57. The Labute approximate surface area is 111 Å². The average molecular weight is 260 g/mol. The molecule has 1 aliphatic rings. The summed E-state index contributed by atoms with van der Waals surface area (Å²) in [5.41, 5.74) is 2.67. The lowest BCUT2D eigenvalue weighted by atomic mass is 10.1. The smallest absolute Gasteiger partial charge is 0.205 e. The average Bonchev–Trinajstić information content (AvgIpc) is 2.73. The van der Waals surface area contributed by atoms with Gasteiger partial charge in [0.2, 0.25) is 5.13 Å². The summed E-state index contributed by atoms with van der Waals surface area (Å²) in [6.45, 7) is 4.85. The number of aryl methyl sites for hydroxylation is 1. The number of hydrogen-bond donors (Lipinski definition) is 0. The first-order valence-electron chi connectivity index (χ1n) is 6.08. The van der Waals surface area contributed by atoms with Crippen LogP contribution in [0.15, 0.2) is 24.3 Å². The molecule has 0 saturated carbocycles. The number of anilines is 2. The van der Waals surface area contributed by atoms with E-state index in [1.54, 1.807) is 0 Å². The fourth-order valence-electron chi connectivity index (χ4n) is 2.27. The molecule has 2 heterocycles. The van der Waals surface area contributed by atoms with Crippen molar-refractivity contribution in [3.63, 3.8) is 0 Å². The van der Waals surface area contributed by atoms with Gasteiger partial charge >= 0.3 is 0 Å². The maximum atomic E-state index is 4.49. The van der Waals surface area contributed by atoms with E-state index in [-0.39, 0.29) is 0 Å². The molecule has 0 aliphatic carbocycles. The molecule has 1 aromatic carbocycles. The molecule has 18 heavy (non-hydrogen) atoms. The molecule has 1 aromatic heterocycles. The van der Waals surface area contributed by atoms with E-state index in [9.17, 15) is 0 Å². The number of likely N-dealkylation sites (N-methyl/N-ethyl adjacent to an activating group) is 1. The van der Waals surface area contributed by atoms with Gasteiger partial charge in [-0.15, -0.1) is 0 Å². The largest absolute Gasteiger partial charge is 0.373 e. The van der Waals surface area contributed by atoms with E-state index in [4.69, 9.17) is 0 Å². The molecule has 0 radical (unpaired) electrons. The van der Waals surface area contributed by atoms with Crippen LogP contribution < -0.4 is 9.80 Å². The van der Waals surface area contributed by atoms with Crippen molar-refractivity contribution >= 4 is 22.4 Å². The highest BCUT2D eigenvalue weighted by Gasteiger charge is 2.19. The highest BCUT2D eigenvalue weighted by atomic mass is 32.1. The Hall–Kier alpha value is -1.62. The van der Waals surface area contributed by atoms with Crippen LogP contribution >= 0.6 is 11.5 Å². The summed E-state index contributed by atoms with van der Waals surface area (Å²) in [5.74, 6) is 0.862. The van der Waals surface area contributed by atoms with E-state index >= 15 is 0 Å². The Morgan fingerprint density at radius 2 is 2.06 bits per heavy atom. The Kier molecular flexibility index (Phi) is 2.91. The van der Waals surface area contributed by atoms with Crippen molar-refractivity contribution in [3.8, 4) is 0 Å². The number of benzene rings is 1. The Bertz CT molecular complexity index is 551. The number of para-hydroxylation sites is 1. The molecule has 5 heteroatoms. The van der Waals surface area contributed by atoms with Gasteiger partial charge in [0, 0.05) is 43.9 Å². The predicted octanol–water partition coefficient (Wildman–Crippen LogP) is 2.30. The van der Waals surface area contributed by atoms with Crippen LogP contribution in [0.2, 0.25) is 0 Å². The molecule has 0 saturated heterocycles. The van der Waals surface area contributed by atoms with E-state index in [1.807, 2.05) is 6.92 Å². The SMILES string of the molecule is Cc1nsc(N2CCN(C)c3ccccc3C2)n1. The fraction of sp³-hybridized carbons (Fsp3) is 0.385. The Balaban J connectivity index is 1.93. The van der Waals surface area contributed by atoms with Gasteiger partial charge in [-0.25, -0.2) is 4.98 Å². The van der Waals surface area contributed by atoms with Crippen LogP contribution in [0.25, 0.3) is 0 Å². The number of hydrogen-bond acceptors (Lipinski definition) is 5. The fourth-order valence-corrected chi connectivity index (χ4v) is 2.97. The summed E-state index contributed by atoms with van der Waals surface area (Å²) in [4.78, 5) is 9.11. The lowest BCUT2D eigenvalue weighted by Gasteiger charge is -2.19. The highest BCUT2D eigenvalue weighted by molar-refractivity contribution is 7.09. The van der Waals surface area contributed by atoms with Crippen molar-refractivity contribution in [2.45, 2.75) is 13.5 Å². The van der Waals surface area contributed by atoms with Crippen LogP contribution in [0.4, 0.5) is 10.8 Å². The molecule has 0 amide bonds. The van der Waals surface area contributed by atoms with Gasteiger partial charge in [-0.3, -0.25) is 0 Å². The lowest BCUT2D eigenvalue weighted by molar-refractivity contribution is 0.792. The van der Waals surface area contributed by atoms with Crippen molar-refractivity contribution in [1.29, 1.82) is 0 Å². The third kappa shape index (κ3) is 2.06. The maximum absolute atomic E-state index is 4.49. The highest BCUT2D eigenvalue weighted by Crippen LogP contribution is 2.27. The minimum Gasteiger partial charge on any atom is -0.373 e. The predicted molar refractivity (Wildman–Crippen MR) is 75.4 cm³/mol. The normalized spacial score (nSPS) is 15.4. The van der Waals surface area contributed by atoms with Gasteiger partial charge in [-0.1, -0.05) is 18.2 Å². The van der Waals surface area contributed by atoms with Gasteiger partial charge in [-0.05, 0) is 18.6 Å². The van der Waals surface area contributed by atoms with Gasteiger partial charge in [0.25, 0.3) is 0 Å². The van der Waals surface area contributed by atoms with Gasteiger partial charge in [0.1, 0.15) is 5.82 Å². The second kappa shape index (κ2) is 4.57. The number of fused-ring (bicyclic) bond motifs is 1. The summed E-state index contributed by atoms with van der Waals surface area (Å²) in [7, 11) is 2.15. The summed E-state index contributed by atoms with van der Waals surface area (Å²) >= 11 is 1.49. The third-order valence-corrected chi connectivity index (χ3v) is 4.13. The van der Waals surface area contributed by atoms with E-state index in [2.05, 4.69) is 50.5 Å². The molecular formula is C13H16N4S. The standard InChI is InChI=1S/C13H16N4S/c1-10-14-13(18-15-10)17-8-7-16(2)12-6-4-3-5-11(12)9-17/h3-6H,7-9H2,1-2H3. The van der Waals surface area contributed by atoms with E-state index < -0.39 is 0 Å². The quantitative estimate of drug-likeness (QED) is 0.787. The van der Waals surface area contributed by atoms with Crippen LogP contribution in [-0.2, 0) is 6.54 Å². The molecule has 0 bridgehead atoms. The molecule has 0 atom stereocenters. The molecule has 4 nitrogen and oxygen atoms in total. The number of nitrogens with zero attached hydrogens (tertiary/aromatic N) is 4. The molecule has 0 N–H and O–H groups in total. The van der Waals surface area contributed by atoms with Crippen molar-refractivity contribution in [1.82, 2.24) is 9.36 Å². The Morgan fingerprint density at radius 1 is 1.22 bits per heavy atom.